The van der Waals surface area contributed by atoms with Crippen molar-refractivity contribution < 1.29 is 17.9 Å². The first-order valence-corrected chi connectivity index (χ1v) is 7.86. The van der Waals surface area contributed by atoms with Crippen molar-refractivity contribution in [3.8, 4) is 0 Å². The number of sulfonamides is 1. The molecule has 2 aromatic rings. The third-order valence-corrected chi connectivity index (χ3v) is 4.41. The first kappa shape index (κ1) is 15.9. The highest BCUT2D eigenvalue weighted by molar-refractivity contribution is 7.89. The summed E-state index contributed by atoms with van der Waals surface area (Å²) in [5, 5.41) is 13.0. The Bertz CT molecular complexity index is 720. The number of nitrogens with one attached hydrogen (secondary N) is 1. The van der Waals surface area contributed by atoms with Gasteiger partial charge in [-0.2, -0.15) is 5.10 Å². The largest absolute Gasteiger partial charge is 0.392 e. The van der Waals surface area contributed by atoms with Gasteiger partial charge in [-0.25, -0.2) is 17.5 Å². The lowest BCUT2D eigenvalue weighted by molar-refractivity contribution is 0.274. The van der Waals surface area contributed by atoms with Gasteiger partial charge in [0.2, 0.25) is 10.0 Å². The molecule has 0 aliphatic rings. The summed E-state index contributed by atoms with van der Waals surface area (Å²) in [6, 6.07) is 3.89. The molecule has 2 N–H and O–H groups in total. The number of hydrogen-bond donors (Lipinski definition) is 2. The zero-order valence-electron chi connectivity index (χ0n) is 10.8. The monoisotopic (exact) mass is 333 g/mol. The summed E-state index contributed by atoms with van der Waals surface area (Å²) in [6.07, 6.45) is 3.25. The maximum atomic E-state index is 14.0. The molecular weight excluding hydrogens is 321 g/mol. The van der Waals surface area contributed by atoms with Crippen molar-refractivity contribution in [2.75, 3.05) is 6.54 Å². The zero-order valence-corrected chi connectivity index (χ0v) is 12.4. The smallest absolute Gasteiger partial charge is 0.243 e. The maximum Gasteiger partial charge on any atom is 0.243 e. The Kier molecular flexibility index (Phi) is 4.94. The SMILES string of the molecule is O=S(=O)(NCCn1cccn1)c1cc(Cl)cc(CO)c1F. The molecule has 0 unspecified atom stereocenters. The number of halogens is 2. The van der Waals surface area contributed by atoms with Gasteiger partial charge < -0.3 is 5.11 Å². The summed E-state index contributed by atoms with van der Waals surface area (Å²) in [4.78, 5) is -0.584. The van der Waals surface area contributed by atoms with Crippen LogP contribution in [0.15, 0.2) is 35.5 Å². The maximum absolute atomic E-state index is 14.0. The second-order valence-electron chi connectivity index (χ2n) is 4.20. The van der Waals surface area contributed by atoms with Gasteiger partial charge in [0.15, 0.2) is 0 Å². The second kappa shape index (κ2) is 6.52. The van der Waals surface area contributed by atoms with E-state index in [1.807, 2.05) is 0 Å². The molecule has 0 atom stereocenters. The molecule has 0 radical (unpaired) electrons. The second-order valence-corrected chi connectivity index (χ2v) is 6.37. The minimum absolute atomic E-state index is 0.0351. The number of hydrogen-bond acceptors (Lipinski definition) is 4. The molecule has 0 fully saturated rings. The Hall–Kier alpha value is -1.48. The van der Waals surface area contributed by atoms with Gasteiger partial charge in [-0.1, -0.05) is 11.6 Å². The van der Waals surface area contributed by atoms with E-state index in [9.17, 15) is 12.8 Å². The molecule has 114 valence electrons. The van der Waals surface area contributed by atoms with E-state index in [-0.39, 0.29) is 17.1 Å². The molecule has 1 aromatic heterocycles. The predicted octanol–water partition coefficient (Wildman–Crippen LogP) is 1.15. The van der Waals surface area contributed by atoms with E-state index in [4.69, 9.17) is 16.7 Å². The molecule has 0 spiro atoms. The van der Waals surface area contributed by atoms with Gasteiger partial charge >= 0.3 is 0 Å². The lowest BCUT2D eigenvalue weighted by atomic mass is 10.2. The van der Waals surface area contributed by atoms with Crippen LogP contribution < -0.4 is 4.72 Å². The molecule has 0 aliphatic heterocycles. The van der Waals surface area contributed by atoms with Gasteiger partial charge in [-0.3, -0.25) is 4.68 Å². The van der Waals surface area contributed by atoms with E-state index in [2.05, 4.69) is 9.82 Å². The summed E-state index contributed by atoms with van der Waals surface area (Å²) < 4.78 is 42.0. The molecule has 0 bridgehead atoms. The highest BCUT2D eigenvalue weighted by Gasteiger charge is 2.22. The molecule has 0 amide bonds. The van der Waals surface area contributed by atoms with E-state index < -0.39 is 27.3 Å². The number of aliphatic hydroxyl groups excluding tert-OH is 1. The molecule has 0 saturated carbocycles. The first-order valence-electron chi connectivity index (χ1n) is 6.00. The lowest BCUT2D eigenvalue weighted by Gasteiger charge is -2.10. The molecule has 0 aliphatic carbocycles. The van der Waals surface area contributed by atoms with E-state index in [1.54, 1.807) is 18.5 Å². The molecule has 2 rings (SSSR count). The van der Waals surface area contributed by atoms with Gasteiger partial charge in [-0.15, -0.1) is 0 Å². The number of nitrogens with zero attached hydrogens (tertiary/aromatic N) is 2. The van der Waals surface area contributed by atoms with E-state index in [0.29, 0.717) is 6.54 Å². The number of aromatic nitrogens is 2. The van der Waals surface area contributed by atoms with Gasteiger partial charge in [0, 0.05) is 29.5 Å². The molecule has 1 heterocycles. The highest BCUT2D eigenvalue weighted by atomic mass is 35.5. The quantitative estimate of drug-likeness (QED) is 0.830. The summed E-state index contributed by atoms with van der Waals surface area (Å²) in [6.45, 7) is -0.284. The fraction of sp³-hybridized carbons (Fsp3) is 0.250. The van der Waals surface area contributed by atoms with E-state index >= 15 is 0 Å². The molecule has 21 heavy (non-hydrogen) atoms. The molecular formula is C12H13ClFN3O3S. The molecule has 1 aromatic carbocycles. The lowest BCUT2D eigenvalue weighted by Crippen LogP contribution is -2.28. The van der Waals surface area contributed by atoms with Crippen LogP contribution in [0.2, 0.25) is 5.02 Å². The Morgan fingerprint density at radius 2 is 2.19 bits per heavy atom. The van der Waals surface area contributed by atoms with Gasteiger partial charge in [0.25, 0.3) is 0 Å². The molecule has 0 saturated heterocycles. The number of rotatable bonds is 6. The number of aliphatic hydroxyl groups is 1. The third kappa shape index (κ3) is 3.79. The first-order chi connectivity index (χ1) is 9.94. The van der Waals surface area contributed by atoms with Crippen molar-refractivity contribution in [2.45, 2.75) is 18.0 Å². The Morgan fingerprint density at radius 3 is 2.81 bits per heavy atom. The Morgan fingerprint density at radius 1 is 1.43 bits per heavy atom. The van der Waals surface area contributed by atoms with Crippen LogP contribution in [0.3, 0.4) is 0 Å². The molecule has 6 nitrogen and oxygen atoms in total. The van der Waals surface area contributed by atoms with Gasteiger partial charge in [-0.05, 0) is 18.2 Å². The van der Waals surface area contributed by atoms with Crippen LogP contribution in [-0.2, 0) is 23.2 Å². The third-order valence-electron chi connectivity index (χ3n) is 2.73. The normalized spacial score (nSPS) is 11.8. The van der Waals surface area contributed by atoms with Crippen LogP contribution in [0.25, 0.3) is 0 Å². The topological polar surface area (TPSA) is 84.2 Å². The van der Waals surface area contributed by atoms with Crippen LogP contribution in [0.1, 0.15) is 5.56 Å². The standard InChI is InChI=1S/C12H13ClFN3O3S/c13-10-6-9(8-18)12(14)11(7-10)21(19,20)16-3-5-17-4-1-2-15-17/h1-2,4,6-7,16,18H,3,5,8H2. The van der Waals surface area contributed by atoms with E-state index in [1.165, 1.54) is 10.7 Å². The fourth-order valence-electron chi connectivity index (χ4n) is 1.73. The predicted molar refractivity (Wildman–Crippen MR) is 74.7 cm³/mol. The summed E-state index contributed by atoms with van der Waals surface area (Å²) >= 11 is 5.74. The van der Waals surface area contributed by atoms with Crippen molar-refractivity contribution in [3.63, 3.8) is 0 Å². The van der Waals surface area contributed by atoms with Crippen molar-refractivity contribution in [1.29, 1.82) is 0 Å². The average molecular weight is 334 g/mol. The fourth-order valence-corrected chi connectivity index (χ4v) is 3.20. The number of benzene rings is 1. The van der Waals surface area contributed by atoms with Gasteiger partial charge in [0.05, 0.1) is 13.2 Å². The van der Waals surface area contributed by atoms with Crippen molar-refractivity contribution in [1.82, 2.24) is 14.5 Å². The van der Waals surface area contributed by atoms with E-state index in [0.717, 1.165) is 6.07 Å². The Labute approximate surface area is 126 Å². The van der Waals surface area contributed by atoms with Crippen LogP contribution in [-0.4, -0.2) is 29.8 Å². The van der Waals surface area contributed by atoms with Crippen LogP contribution in [0.4, 0.5) is 4.39 Å². The average Bonchev–Trinajstić information content (AvgIpc) is 2.93. The summed E-state index contributed by atoms with van der Waals surface area (Å²) in [5.74, 6) is -1.01. The minimum Gasteiger partial charge on any atom is -0.392 e. The zero-order chi connectivity index (χ0) is 15.5. The van der Waals surface area contributed by atoms with Crippen molar-refractivity contribution >= 4 is 21.6 Å². The van der Waals surface area contributed by atoms with Crippen LogP contribution >= 0.6 is 11.6 Å². The summed E-state index contributed by atoms with van der Waals surface area (Å²) in [5.41, 5.74) is -0.171. The Balaban J connectivity index is 2.17. The van der Waals surface area contributed by atoms with Crippen molar-refractivity contribution in [3.05, 3.63) is 47.0 Å². The minimum atomic E-state index is -4.06. The summed E-state index contributed by atoms with van der Waals surface area (Å²) in [7, 11) is -4.06. The highest BCUT2D eigenvalue weighted by Crippen LogP contribution is 2.23. The van der Waals surface area contributed by atoms with Crippen LogP contribution in [0.5, 0.6) is 0 Å². The molecule has 9 heteroatoms. The van der Waals surface area contributed by atoms with Gasteiger partial charge in [0.1, 0.15) is 10.7 Å². The van der Waals surface area contributed by atoms with Crippen LogP contribution in [0, 0.1) is 5.82 Å². The van der Waals surface area contributed by atoms with Crippen molar-refractivity contribution in [2.24, 2.45) is 0 Å².